The van der Waals surface area contributed by atoms with Gasteiger partial charge in [-0.25, -0.2) is 4.79 Å². The van der Waals surface area contributed by atoms with Gasteiger partial charge >= 0.3 is 6.03 Å². The highest BCUT2D eigenvalue weighted by atomic mass is 16.2. The number of nitrogens with one attached hydrogen (secondary N) is 2. The van der Waals surface area contributed by atoms with Gasteiger partial charge < -0.3 is 15.5 Å². The molecule has 0 aliphatic carbocycles. The number of nitrogens with zero attached hydrogens (tertiary/aromatic N) is 1. The lowest BCUT2D eigenvalue weighted by Crippen LogP contribution is -2.39. The van der Waals surface area contributed by atoms with Crippen molar-refractivity contribution in [2.75, 3.05) is 31.6 Å². The van der Waals surface area contributed by atoms with Crippen molar-refractivity contribution in [3.63, 3.8) is 0 Å². The zero-order chi connectivity index (χ0) is 12.5. The van der Waals surface area contributed by atoms with Gasteiger partial charge in [0.1, 0.15) is 0 Å². The number of rotatable bonds is 6. The molecule has 0 spiro atoms. The van der Waals surface area contributed by atoms with Crippen LogP contribution in [0.3, 0.4) is 0 Å². The van der Waals surface area contributed by atoms with E-state index in [1.807, 2.05) is 32.2 Å². The van der Waals surface area contributed by atoms with Gasteiger partial charge in [0.25, 0.3) is 0 Å². The molecular formula is C13H21N3O. The van der Waals surface area contributed by atoms with Crippen LogP contribution in [0, 0.1) is 0 Å². The van der Waals surface area contributed by atoms with Crippen LogP contribution in [0.4, 0.5) is 10.5 Å². The number of carbonyl (C=O) groups excluding carboxylic acids is 1. The summed E-state index contributed by atoms with van der Waals surface area (Å²) in [6.45, 7) is 4.19. The fourth-order valence-electron chi connectivity index (χ4n) is 1.45. The van der Waals surface area contributed by atoms with Crippen LogP contribution in [-0.2, 0) is 0 Å². The van der Waals surface area contributed by atoms with Crippen LogP contribution in [-0.4, -0.2) is 32.7 Å². The maximum Gasteiger partial charge on any atom is 0.314 e. The summed E-state index contributed by atoms with van der Waals surface area (Å²) in [4.78, 5) is 13.4. The van der Waals surface area contributed by atoms with E-state index in [1.54, 1.807) is 0 Å². The lowest BCUT2D eigenvalue weighted by Gasteiger charge is -2.19. The van der Waals surface area contributed by atoms with E-state index in [4.69, 9.17) is 0 Å². The predicted molar refractivity (Wildman–Crippen MR) is 71.4 cm³/mol. The number of para-hydroxylation sites is 1. The normalized spacial score (nSPS) is 9.76. The van der Waals surface area contributed by atoms with Gasteiger partial charge in [-0.1, -0.05) is 25.1 Å². The molecule has 0 bridgehead atoms. The molecule has 0 aromatic heterocycles. The number of hydrogen-bond acceptors (Lipinski definition) is 2. The molecule has 1 rings (SSSR count). The van der Waals surface area contributed by atoms with E-state index < -0.39 is 0 Å². The Labute approximate surface area is 103 Å². The average molecular weight is 235 g/mol. The fourth-order valence-corrected chi connectivity index (χ4v) is 1.45. The van der Waals surface area contributed by atoms with Crippen LogP contribution in [0.5, 0.6) is 0 Å². The van der Waals surface area contributed by atoms with Crippen LogP contribution in [0.25, 0.3) is 0 Å². The van der Waals surface area contributed by atoms with Gasteiger partial charge in [-0.3, -0.25) is 0 Å². The summed E-state index contributed by atoms with van der Waals surface area (Å²) in [7, 11) is 2.01. The number of hydrogen-bond donors (Lipinski definition) is 2. The van der Waals surface area contributed by atoms with E-state index in [1.165, 1.54) is 0 Å². The highest BCUT2D eigenvalue weighted by Crippen LogP contribution is 2.09. The smallest absolute Gasteiger partial charge is 0.314 e. The fraction of sp³-hybridized carbons (Fsp3) is 0.462. The van der Waals surface area contributed by atoms with E-state index in [2.05, 4.69) is 27.7 Å². The van der Waals surface area contributed by atoms with Crippen molar-refractivity contribution in [1.29, 1.82) is 0 Å². The van der Waals surface area contributed by atoms with Crippen LogP contribution in [0.1, 0.15) is 13.3 Å². The third-order valence-corrected chi connectivity index (χ3v) is 2.47. The van der Waals surface area contributed by atoms with Crippen LogP contribution >= 0.6 is 0 Å². The van der Waals surface area contributed by atoms with Crippen molar-refractivity contribution in [3.05, 3.63) is 30.3 Å². The molecule has 0 fully saturated rings. The predicted octanol–water partition coefficient (Wildman–Crippen LogP) is 1.83. The van der Waals surface area contributed by atoms with Gasteiger partial charge in [0.05, 0.1) is 0 Å². The number of benzene rings is 1. The molecule has 0 unspecified atom stereocenters. The molecule has 0 aliphatic heterocycles. The van der Waals surface area contributed by atoms with Gasteiger partial charge in [0, 0.05) is 32.4 Å². The molecular weight excluding hydrogens is 214 g/mol. The van der Waals surface area contributed by atoms with E-state index in [9.17, 15) is 4.79 Å². The summed E-state index contributed by atoms with van der Waals surface area (Å²) in [5, 5.41) is 5.60. The van der Waals surface area contributed by atoms with Crippen molar-refractivity contribution in [2.24, 2.45) is 0 Å². The number of likely N-dealkylation sites (N-methyl/N-ethyl adjacent to an activating group) is 1. The first-order valence-electron chi connectivity index (χ1n) is 6.02. The lowest BCUT2D eigenvalue weighted by atomic mass is 10.3. The summed E-state index contributed by atoms with van der Waals surface area (Å²) in [5.74, 6) is 0. The van der Waals surface area contributed by atoms with Gasteiger partial charge in [-0.15, -0.1) is 0 Å². The zero-order valence-electron chi connectivity index (χ0n) is 10.6. The molecule has 1 aromatic carbocycles. The Balaban J connectivity index is 2.20. The Morgan fingerprint density at radius 2 is 1.82 bits per heavy atom. The van der Waals surface area contributed by atoms with E-state index >= 15 is 0 Å². The Bertz CT molecular complexity index is 327. The number of anilines is 1. The molecule has 17 heavy (non-hydrogen) atoms. The Kier molecular flexibility index (Phi) is 5.93. The Hall–Kier alpha value is -1.71. The molecule has 0 atom stereocenters. The highest BCUT2D eigenvalue weighted by molar-refractivity contribution is 5.73. The molecule has 2 amide bonds. The van der Waals surface area contributed by atoms with Crippen molar-refractivity contribution in [1.82, 2.24) is 10.6 Å². The minimum absolute atomic E-state index is 0.0895. The Morgan fingerprint density at radius 3 is 2.47 bits per heavy atom. The number of amides is 2. The minimum atomic E-state index is -0.0895. The van der Waals surface area contributed by atoms with Crippen molar-refractivity contribution in [3.8, 4) is 0 Å². The van der Waals surface area contributed by atoms with Gasteiger partial charge in [-0.05, 0) is 18.6 Å². The van der Waals surface area contributed by atoms with Crippen LogP contribution < -0.4 is 15.5 Å². The van der Waals surface area contributed by atoms with Gasteiger partial charge in [0.15, 0.2) is 0 Å². The monoisotopic (exact) mass is 235 g/mol. The van der Waals surface area contributed by atoms with Crippen molar-refractivity contribution < 1.29 is 4.79 Å². The van der Waals surface area contributed by atoms with E-state index in [0.717, 1.165) is 25.2 Å². The van der Waals surface area contributed by atoms with Gasteiger partial charge in [-0.2, -0.15) is 0 Å². The van der Waals surface area contributed by atoms with Crippen molar-refractivity contribution in [2.45, 2.75) is 13.3 Å². The number of urea groups is 1. The summed E-state index contributed by atoms with van der Waals surface area (Å²) in [5.41, 5.74) is 1.16. The first-order chi connectivity index (χ1) is 8.24. The van der Waals surface area contributed by atoms with Gasteiger partial charge in [0.2, 0.25) is 0 Å². The van der Waals surface area contributed by atoms with Crippen LogP contribution in [0.2, 0.25) is 0 Å². The molecule has 4 heteroatoms. The van der Waals surface area contributed by atoms with Crippen LogP contribution in [0.15, 0.2) is 30.3 Å². The summed E-state index contributed by atoms with van der Waals surface area (Å²) in [6.07, 6.45) is 0.956. The maximum absolute atomic E-state index is 11.3. The molecule has 94 valence electrons. The topological polar surface area (TPSA) is 44.4 Å². The third-order valence-electron chi connectivity index (χ3n) is 2.47. The SMILES string of the molecule is CCCNC(=O)NCCN(C)c1ccccc1. The highest BCUT2D eigenvalue weighted by Gasteiger charge is 2.01. The number of carbonyl (C=O) groups is 1. The quantitative estimate of drug-likeness (QED) is 0.790. The maximum atomic E-state index is 11.3. The summed E-state index contributed by atoms with van der Waals surface area (Å²) in [6, 6.07) is 10.0. The second kappa shape index (κ2) is 7.54. The largest absolute Gasteiger partial charge is 0.373 e. The Morgan fingerprint density at radius 1 is 1.18 bits per heavy atom. The molecule has 0 heterocycles. The first kappa shape index (κ1) is 13.4. The summed E-state index contributed by atoms with van der Waals surface area (Å²) < 4.78 is 0. The van der Waals surface area contributed by atoms with E-state index in [0.29, 0.717) is 6.54 Å². The third kappa shape index (κ3) is 5.24. The minimum Gasteiger partial charge on any atom is -0.373 e. The lowest BCUT2D eigenvalue weighted by molar-refractivity contribution is 0.241. The standard InChI is InChI=1S/C13H21N3O/c1-3-9-14-13(17)15-10-11-16(2)12-7-5-4-6-8-12/h4-8H,3,9-11H2,1-2H3,(H2,14,15,17). The molecule has 0 aliphatic rings. The van der Waals surface area contributed by atoms with Crippen molar-refractivity contribution >= 4 is 11.7 Å². The molecule has 0 saturated carbocycles. The molecule has 2 N–H and O–H groups in total. The average Bonchev–Trinajstić information content (AvgIpc) is 2.37. The first-order valence-corrected chi connectivity index (χ1v) is 6.02. The molecule has 1 aromatic rings. The summed E-state index contributed by atoms with van der Waals surface area (Å²) >= 11 is 0. The molecule has 0 saturated heterocycles. The molecule has 4 nitrogen and oxygen atoms in total. The second-order valence-electron chi connectivity index (χ2n) is 3.94. The molecule has 0 radical (unpaired) electrons. The second-order valence-corrected chi connectivity index (χ2v) is 3.94. The zero-order valence-corrected chi connectivity index (χ0v) is 10.6. The van der Waals surface area contributed by atoms with E-state index in [-0.39, 0.29) is 6.03 Å².